The lowest BCUT2D eigenvalue weighted by Gasteiger charge is -2.08. The van der Waals surface area contributed by atoms with Gasteiger partial charge in [-0.15, -0.1) is 0 Å². The summed E-state index contributed by atoms with van der Waals surface area (Å²) in [6, 6.07) is 3.85. The molecule has 5 heteroatoms. The first-order chi connectivity index (χ1) is 8.16. The van der Waals surface area contributed by atoms with Gasteiger partial charge in [-0.25, -0.2) is 0 Å². The van der Waals surface area contributed by atoms with E-state index in [0.29, 0.717) is 6.07 Å². The number of hydrogen-bond donors (Lipinski definition) is 0. The molecule has 0 saturated heterocycles. The molecule has 0 aromatic heterocycles. The van der Waals surface area contributed by atoms with Gasteiger partial charge in [-0.3, -0.25) is 4.79 Å². The molecule has 0 aliphatic rings. The Kier molecular flexibility index (Phi) is 3.03. The van der Waals surface area contributed by atoms with E-state index >= 15 is 0 Å². The van der Waals surface area contributed by atoms with Crippen molar-refractivity contribution in [3.8, 4) is 0 Å². The third kappa shape index (κ3) is 3.56. The van der Waals surface area contributed by atoms with E-state index < -0.39 is 30.5 Å². The molecule has 0 aliphatic heterocycles. The number of hydrogen-bond acceptors (Lipinski definition) is 2. The Balaban J connectivity index is 3.06. The number of ether oxygens (including phenoxy) is 1. The molecule has 0 bridgehead atoms. The van der Waals surface area contributed by atoms with E-state index in [2.05, 4.69) is 4.74 Å². The second-order valence-electron chi connectivity index (χ2n) is 3.01. The number of benzene rings is 1. The molecule has 1 aromatic carbocycles. The molecule has 16 heavy (non-hydrogen) atoms. The Labute approximate surface area is 93.8 Å². The summed E-state index contributed by atoms with van der Waals surface area (Å²) in [5.41, 5.74) is -1.16. The van der Waals surface area contributed by atoms with E-state index in [0.717, 1.165) is 19.2 Å². The van der Waals surface area contributed by atoms with Gasteiger partial charge in [-0.2, -0.15) is 13.2 Å². The van der Waals surface area contributed by atoms with Gasteiger partial charge in [0, 0.05) is 9.16 Å². The summed E-state index contributed by atoms with van der Waals surface area (Å²) in [5.74, 6) is -0.822. The van der Waals surface area contributed by atoms with Gasteiger partial charge in [0.1, 0.15) is 0 Å². The Morgan fingerprint density at radius 1 is 1.50 bits per heavy atom. The molecular formula is C11H11F3O2. The molecule has 88 valence electrons. The first kappa shape index (κ1) is 9.69. The fourth-order valence-electron chi connectivity index (χ4n) is 1.05. The summed E-state index contributed by atoms with van der Waals surface area (Å²) >= 11 is 0. The maximum absolute atomic E-state index is 12.5. The quantitative estimate of drug-likeness (QED) is 0.752. The van der Waals surface area contributed by atoms with E-state index in [1.165, 1.54) is 6.07 Å². The molecule has 0 amide bonds. The second-order valence-corrected chi connectivity index (χ2v) is 3.01. The summed E-state index contributed by atoms with van der Waals surface area (Å²) in [4.78, 5) is 11.0. The summed E-state index contributed by atoms with van der Waals surface area (Å²) in [7, 11) is 1.09. The number of halogens is 3. The van der Waals surface area contributed by atoms with Crippen molar-refractivity contribution in [3.05, 3.63) is 35.4 Å². The van der Waals surface area contributed by atoms with Crippen molar-refractivity contribution >= 4 is 5.97 Å². The molecule has 0 atom stereocenters. The SMILES string of the molecule is [2H]C([2H])(CC(=O)OC)c1cccc(C(F)(F)F)c1. The first-order valence-corrected chi connectivity index (χ1v) is 4.41. The topological polar surface area (TPSA) is 26.3 Å². The van der Waals surface area contributed by atoms with Crippen LogP contribution in [0, 0.1) is 0 Å². The highest BCUT2D eigenvalue weighted by atomic mass is 19.4. The highest BCUT2D eigenvalue weighted by molar-refractivity contribution is 5.69. The normalized spacial score (nSPS) is 14.0. The van der Waals surface area contributed by atoms with Crippen LogP contribution in [-0.2, 0) is 22.1 Å². The smallest absolute Gasteiger partial charge is 0.416 e. The van der Waals surface area contributed by atoms with Crippen LogP contribution in [-0.4, -0.2) is 13.1 Å². The number of carbonyl (C=O) groups is 1. The van der Waals surface area contributed by atoms with Crippen molar-refractivity contribution in [1.82, 2.24) is 0 Å². The number of rotatable bonds is 3. The summed E-state index contributed by atoms with van der Waals surface area (Å²) in [6.07, 6.45) is -7.38. The molecule has 0 N–H and O–H groups in total. The third-order valence-electron chi connectivity index (χ3n) is 1.85. The van der Waals surface area contributed by atoms with Crippen molar-refractivity contribution in [2.24, 2.45) is 0 Å². The van der Waals surface area contributed by atoms with Gasteiger partial charge in [0.05, 0.1) is 12.7 Å². The minimum absolute atomic E-state index is 0.206. The van der Waals surface area contributed by atoms with Gasteiger partial charge in [-0.1, -0.05) is 18.2 Å². The lowest BCUT2D eigenvalue weighted by atomic mass is 10.1. The van der Waals surface area contributed by atoms with Crippen LogP contribution in [0.15, 0.2) is 24.3 Å². The molecule has 1 aromatic rings. The number of alkyl halides is 3. The third-order valence-corrected chi connectivity index (χ3v) is 1.85. The van der Waals surface area contributed by atoms with E-state index in [4.69, 9.17) is 2.74 Å². The van der Waals surface area contributed by atoms with Gasteiger partial charge < -0.3 is 4.74 Å². The fourth-order valence-corrected chi connectivity index (χ4v) is 1.05. The van der Waals surface area contributed by atoms with Crippen LogP contribution in [0.4, 0.5) is 13.2 Å². The largest absolute Gasteiger partial charge is 0.469 e. The number of carbonyl (C=O) groups excluding carboxylic acids is 1. The molecule has 0 aliphatic carbocycles. The molecule has 0 radical (unpaired) electrons. The Hall–Kier alpha value is -1.52. The minimum Gasteiger partial charge on any atom is -0.469 e. The molecule has 1 rings (SSSR count). The number of methoxy groups -OCH3 is 1. The number of esters is 1. The standard InChI is InChI=1S/C11H11F3O2/c1-16-10(15)6-5-8-3-2-4-9(7-8)11(12,13)14/h2-4,7H,5-6H2,1H3/i5D2. The van der Waals surface area contributed by atoms with Crippen LogP contribution >= 0.6 is 0 Å². The fraction of sp³-hybridized carbons (Fsp3) is 0.364. The van der Waals surface area contributed by atoms with Gasteiger partial charge in [0.25, 0.3) is 0 Å². The van der Waals surface area contributed by atoms with Crippen molar-refractivity contribution < 1.29 is 25.4 Å². The van der Waals surface area contributed by atoms with Crippen LogP contribution in [0.2, 0.25) is 0 Å². The molecule has 0 fully saturated rings. The lowest BCUT2D eigenvalue weighted by Crippen LogP contribution is -2.06. The predicted octanol–water partition coefficient (Wildman–Crippen LogP) is 2.81. The van der Waals surface area contributed by atoms with Crippen molar-refractivity contribution in [2.75, 3.05) is 7.11 Å². The van der Waals surface area contributed by atoms with E-state index in [-0.39, 0.29) is 5.56 Å². The zero-order valence-corrected chi connectivity index (χ0v) is 8.47. The maximum atomic E-state index is 12.5. The lowest BCUT2D eigenvalue weighted by molar-refractivity contribution is -0.140. The van der Waals surface area contributed by atoms with Crippen LogP contribution in [0.5, 0.6) is 0 Å². The summed E-state index contributed by atoms with van der Waals surface area (Å²) < 4.78 is 56.9. The van der Waals surface area contributed by atoms with Crippen LogP contribution in [0.25, 0.3) is 0 Å². The Bertz CT molecular complexity index is 444. The average molecular weight is 234 g/mol. The van der Waals surface area contributed by atoms with Crippen LogP contribution in [0.3, 0.4) is 0 Å². The van der Waals surface area contributed by atoms with Gasteiger partial charge in [0.15, 0.2) is 0 Å². The molecule has 0 unspecified atom stereocenters. The first-order valence-electron chi connectivity index (χ1n) is 5.41. The van der Waals surface area contributed by atoms with Crippen molar-refractivity contribution in [3.63, 3.8) is 0 Å². The molecule has 2 nitrogen and oxygen atoms in total. The highest BCUT2D eigenvalue weighted by Crippen LogP contribution is 2.29. The zero-order valence-electron chi connectivity index (χ0n) is 10.5. The van der Waals surface area contributed by atoms with E-state index in [1.54, 1.807) is 0 Å². The summed E-state index contributed by atoms with van der Waals surface area (Å²) in [6.45, 7) is 0. The second kappa shape index (κ2) is 5.01. The molecule has 0 spiro atoms. The van der Waals surface area contributed by atoms with E-state index in [1.807, 2.05) is 0 Å². The maximum Gasteiger partial charge on any atom is 0.416 e. The van der Waals surface area contributed by atoms with Gasteiger partial charge >= 0.3 is 12.1 Å². The highest BCUT2D eigenvalue weighted by Gasteiger charge is 2.30. The minimum atomic E-state index is -4.54. The predicted molar refractivity (Wildman–Crippen MR) is 51.8 cm³/mol. The van der Waals surface area contributed by atoms with Crippen LogP contribution in [0.1, 0.15) is 20.3 Å². The van der Waals surface area contributed by atoms with E-state index in [9.17, 15) is 18.0 Å². The van der Waals surface area contributed by atoms with Crippen molar-refractivity contribution in [2.45, 2.75) is 19.0 Å². The van der Waals surface area contributed by atoms with Crippen LogP contribution < -0.4 is 0 Å². The van der Waals surface area contributed by atoms with Crippen molar-refractivity contribution in [1.29, 1.82) is 0 Å². The Morgan fingerprint density at radius 3 is 2.75 bits per heavy atom. The summed E-state index contributed by atoms with van der Waals surface area (Å²) in [5, 5.41) is 0. The average Bonchev–Trinajstić information content (AvgIpc) is 2.27. The Morgan fingerprint density at radius 2 is 2.19 bits per heavy atom. The molecule has 0 heterocycles. The molecular weight excluding hydrogens is 221 g/mol. The monoisotopic (exact) mass is 234 g/mol. The zero-order chi connectivity index (χ0) is 14.0. The number of aryl methyl sites for hydroxylation is 1. The molecule has 0 saturated carbocycles. The van der Waals surface area contributed by atoms with Gasteiger partial charge in [-0.05, 0) is 18.0 Å². The van der Waals surface area contributed by atoms with Gasteiger partial charge in [0.2, 0.25) is 0 Å².